The van der Waals surface area contributed by atoms with Crippen LogP contribution in [0.5, 0.6) is 0 Å². The lowest BCUT2D eigenvalue weighted by Crippen LogP contribution is -2.49. The highest BCUT2D eigenvalue weighted by Crippen LogP contribution is 2.20. The van der Waals surface area contributed by atoms with Crippen molar-refractivity contribution < 1.29 is 4.79 Å². The van der Waals surface area contributed by atoms with Gasteiger partial charge in [-0.25, -0.2) is 4.79 Å². The molecule has 8 nitrogen and oxygen atoms in total. The first-order valence-corrected chi connectivity index (χ1v) is 8.40. The Morgan fingerprint density at radius 2 is 2.29 bits per heavy atom. The molecule has 1 saturated heterocycles. The first-order valence-electron chi connectivity index (χ1n) is 8.40. The van der Waals surface area contributed by atoms with Gasteiger partial charge < -0.3 is 15.5 Å². The monoisotopic (exact) mass is 331 g/mol. The number of nitrogens with zero attached hydrogens (tertiary/aromatic N) is 5. The van der Waals surface area contributed by atoms with Gasteiger partial charge in [-0.3, -0.25) is 9.36 Å². The Bertz CT molecular complexity index is 705. The molecule has 130 valence electrons. The predicted octanol–water partition coefficient (Wildman–Crippen LogP) is 1.74. The number of aryl methyl sites for hydroxylation is 3. The number of hydrogen-bond donors (Lipinski definition) is 2. The van der Waals surface area contributed by atoms with Gasteiger partial charge in [0.05, 0.1) is 17.6 Å². The molecular formula is C16H25N7O. The third kappa shape index (κ3) is 3.69. The molecule has 8 heteroatoms. The number of nitrogens with one attached hydrogen (secondary N) is 2. The number of piperidine rings is 1. The lowest BCUT2D eigenvalue weighted by atomic mass is 10.1. The van der Waals surface area contributed by atoms with Crippen LogP contribution >= 0.6 is 0 Å². The van der Waals surface area contributed by atoms with E-state index in [4.69, 9.17) is 0 Å². The molecule has 1 fully saturated rings. The van der Waals surface area contributed by atoms with Crippen molar-refractivity contribution in [3.05, 3.63) is 24.2 Å². The fourth-order valence-corrected chi connectivity index (χ4v) is 3.15. The summed E-state index contributed by atoms with van der Waals surface area (Å²) in [6.07, 6.45) is 5.51. The Kier molecular flexibility index (Phi) is 4.73. The van der Waals surface area contributed by atoms with Crippen LogP contribution in [0.1, 0.15) is 25.5 Å². The van der Waals surface area contributed by atoms with E-state index in [0.717, 1.165) is 44.0 Å². The fraction of sp³-hybridized carbons (Fsp3) is 0.562. The van der Waals surface area contributed by atoms with Crippen molar-refractivity contribution in [1.29, 1.82) is 0 Å². The van der Waals surface area contributed by atoms with Gasteiger partial charge in [-0.15, -0.1) is 0 Å². The number of amides is 2. The second-order valence-corrected chi connectivity index (χ2v) is 6.24. The Balaban J connectivity index is 1.56. The first-order chi connectivity index (χ1) is 11.5. The number of rotatable bonds is 4. The Labute approximate surface area is 141 Å². The molecule has 1 aliphatic rings. The van der Waals surface area contributed by atoms with E-state index in [1.807, 2.05) is 31.8 Å². The molecule has 1 aliphatic heterocycles. The summed E-state index contributed by atoms with van der Waals surface area (Å²) in [4.78, 5) is 14.5. The highest BCUT2D eigenvalue weighted by molar-refractivity contribution is 5.89. The van der Waals surface area contributed by atoms with Crippen LogP contribution < -0.4 is 15.5 Å². The van der Waals surface area contributed by atoms with Crippen molar-refractivity contribution in [3.63, 3.8) is 0 Å². The van der Waals surface area contributed by atoms with Crippen molar-refractivity contribution in [2.24, 2.45) is 7.05 Å². The van der Waals surface area contributed by atoms with Gasteiger partial charge in [0.2, 0.25) is 0 Å². The van der Waals surface area contributed by atoms with Crippen LogP contribution in [0.3, 0.4) is 0 Å². The average Bonchev–Trinajstić information content (AvgIpc) is 3.13. The second kappa shape index (κ2) is 6.94. The zero-order valence-corrected chi connectivity index (χ0v) is 14.5. The molecule has 1 unspecified atom stereocenters. The maximum atomic E-state index is 12.2. The highest BCUT2D eigenvalue weighted by atomic mass is 16.2. The molecule has 0 bridgehead atoms. The van der Waals surface area contributed by atoms with Crippen molar-refractivity contribution in [2.45, 2.75) is 39.3 Å². The molecule has 0 aliphatic carbocycles. The summed E-state index contributed by atoms with van der Waals surface area (Å²) in [5.41, 5.74) is 1.72. The van der Waals surface area contributed by atoms with E-state index < -0.39 is 0 Å². The van der Waals surface area contributed by atoms with Crippen LogP contribution in [0.2, 0.25) is 0 Å². The molecular weight excluding hydrogens is 306 g/mol. The summed E-state index contributed by atoms with van der Waals surface area (Å²) in [7, 11) is 1.96. The Hall–Kier alpha value is -2.51. The van der Waals surface area contributed by atoms with Crippen molar-refractivity contribution in [3.8, 4) is 0 Å². The van der Waals surface area contributed by atoms with Crippen LogP contribution in [0.4, 0.5) is 16.3 Å². The lowest BCUT2D eigenvalue weighted by molar-refractivity contribution is 0.246. The normalized spacial score (nSPS) is 17.8. The van der Waals surface area contributed by atoms with Crippen molar-refractivity contribution >= 4 is 17.5 Å². The molecule has 0 saturated carbocycles. The SMILES string of the molecule is CCn1cc(NC(=O)NC2CCCN(c3cc(C)nn3C)C2)cn1. The van der Waals surface area contributed by atoms with Crippen molar-refractivity contribution in [2.75, 3.05) is 23.3 Å². The van der Waals surface area contributed by atoms with E-state index in [1.165, 1.54) is 0 Å². The molecule has 24 heavy (non-hydrogen) atoms. The minimum Gasteiger partial charge on any atom is -0.355 e. The quantitative estimate of drug-likeness (QED) is 0.894. The second-order valence-electron chi connectivity index (χ2n) is 6.24. The number of hydrogen-bond acceptors (Lipinski definition) is 4. The molecule has 2 aromatic heterocycles. The Morgan fingerprint density at radius 1 is 1.46 bits per heavy atom. The van der Waals surface area contributed by atoms with Crippen LogP contribution in [-0.2, 0) is 13.6 Å². The van der Waals surface area contributed by atoms with Gasteiger partial charge in [-0.1, -0.05) is 0 Å². The molecule has 2 amide bonds. The van der Waals surface area contributed by atoms with Gasteiger partial charge >= 0.3 is 6.03 Å². The van der Waals surface area contributed by atoms with Gasteiger partial charge in [-0.2, -0.15) is 10.2 Å². The summed E-state index contributed by atoms with van der Waals surface area (Å²) in [6.45, 7) is 6.56. The summed E-state index contributed by atoms with van der Waals surface area (Å²) in [6, 6.07) is 2.02. The van der Waals surface area contributed by atoms with Gasteiger partial charge in [0.1, 0.15) is 5.82 Å². The van der Waals surface area contributed by atoms with E-state index in [2.05, 4.69) is 31.8 Å². The van der Waals surface area contributed by atoms with Crippen LogP contribution in [0, 0.1) is 6.92 Å². The number of urea groups is 1. The third-order valence-corrected chi connectivity index (χ3v) is 4.27. The zero-order chi connectivity index (χ0) is 17.1. The van der Waals surface area contributed by atoms with Crippen LogP contribution in [0.25, 0.3) is 0 Å². The summed E-state index contributed by atoms with van der Waals surface area (Å²) >= 11 is 0. The molecule has 3 heterocycles. The standard InChI is InChI=1S/C16H25N7O/c1-4-23-11-14(9-17-23)19-16(24)18-13-6-5-7-22(10-13)15-8-12(2)20-21(15)3/h8-9,11,13H,4-7,10H2,1-3H3,(H2,18,19,24). The molecule has 3 rings (SSSR count). The molecule has 1 atom stereocenters. The molecule has 0 radical (unpaired) electrons. The minimum atomic E-state index is -0.182. The summed E-state index contributed by atoms with van der Waals surface area (Å²) < 4.78 is 3.68. The molecule has 0 spiro atoms. The van der Waals surface area contributed by atoms with E-state index in [0.29, 0.717) is 5.69 Å². The first kappa shape index (κ1) is 16.4. The summed E-state index contributed by atoms with van der Waals surface area (Å²) in [5.74, 6) is 1.10. The van der Waals surface area contributed by atoms with Gasteiger partial charge in [0.25, 0.3) is 0 Å². The van der Waals surface area contributed by atoms with E-state index >= 15 is 0 Å². The van der Waals surface area contributed by atoms with E-state index in [1.54, 1.807) is 10.9 Å². The smallest absolute Gasteiger partial charge is 0.319 e. The van der Waals surface area contributed by atoms with E-state index in [9.17, 15) is 4.79 Å². The number of anilines is 2. The fourth-order valence-electron chi connectivity index (χ4n) is 3.15. The molecule has 2 aromatic rings. The number of carbonyl (C=O) groups excluding carboxylic acids is 1. The average molecular weight is 331 g/mol. The van der Waals surface area contributed by atoms with Crippen LogP contribution in [-0.4, -0.2) is 44.7 Å². The predicted molar refractivity (Wildman–Crippen MR) is 93.2 cm³/mol. The largest absolute Gasteiger partial charge is 0.355 e. The third-order valence-electron chi connectivity index (χ3n) is 4.27. The number of aromatic nitrogens is 4. The maximum Gasteiger partial charge on any atom is 0.319 e. The lowest BCUT2D eigenvalue weighted by Gasteiger charge is -2.34. The summed E-state index contributed by atoms with van der Waals surface area (Å²) in [5, 5.41) is 14.5. The maximum absolute atomic E-state index is 12.2. The minimum absolute atomic E-state index is 0.121. The zero-order valence-electron chi connectivity index (χ0n) is 14.5. The van der Waals surface area contributed by atoms with E-state index in [-0.39, 0.29) is 12.1 Å². The molecule has 2 N–H and O–H groups in total. The highest BCUT2D eigenvalue weighted by Gasteiger charge is 2.23. The van der Waals surface area contributed by atoms with Crippen molar-refractivity contribution in [1.82, 2.24) is 24.9 Å². The molecule has 0 aromatic carbocycles. The Morgan fingerprint density at radius 3 is 2.96 bits per heavy atom. The topological polar surface area (TPSA) is 80.0 Å². The van der Waals surface area contributed by atoms with Crippen LogP contribution in [0.15, 0.2) is 18.5 Å². The number of carbonyl (C=O) groups is 1. The van der Waals surface area contributed by atoms with Gasteiger partial charge in [-0.05, 0) is 26.7 Å². The van der Waals surface area contributed by atoms with Gasteiger partial charge in [0.15, 0.2) is 0 Å². The van der Waals surface area contributed by atoms with Gasteiger partial charge in [0, 0.05) is 45.0 Å².